The molecule has 0 radical (unpaired) electrons. The number of aromatic hydroxyl groups is 1. The van der Waals surface area contributed by atoms with Crippen molar-refractivity contribution in [3.63, 3.8) is 0 Å². The van der Waals surface area contributed by atoms with Gasteiger partial charge in [-0.2, -0.15) is 0 Å². The number of benzene rings is 2. The highest BCUT2D eigenvalue weighted by molar-refractivity contribution is 6.25. The average Bonchev–Trinajstić information content (AvgIpc) is 2.86. The average molecular weight is 555 g/mol. The summed E-state index contributed by atoms with van der Waals surface area (Å²) in [5.74, 6) is -11.8. The molecule has 1 fully saturated rings. The molecule has 2 aromatic rings. The van der Waals surface area contributed by atoms with E-state index in [4.69, 9.17) is 5.73 Å². The third kappa shape index (κ3) is 3.53. The maximum Gasteiger partial charge on any atom is 0.255 e. The van der Waals surface area contributed by atoms with E-state index in [1.165, 1.54) is 43.3 Å². The van der Waals surface area contributed by atoms with Crippen molar-refractivity contribution >= 4 is 34.9 Å². The summed E-state index contributed by atoms with van der Waals surface area (Å²) in [4.78, 5) is 40.7. The molecule has 0 unspecified atom stereocenters. The summed E-state index contributed by atoms with van der Waals surface area (Å²) >= 11 is 0. The van der Waals surface area contributed by atoms with Crippen LogP contribution in [0.4, 0.5) is 8.78 Å². The normalized spacial score (nSPS) is 29.0. The summed E-state index contributed by atoms with van der Waals surface area (Å²) in [7, 11) is 2.76. The standard InChI is InChI=1S/C28H24F2N2O8/c1-32(2)21-20-23(35)17-13(8-10-6-7-11(29)9-14(10)30)12-4-3-5-15(33)16(12)22(34)18(17)25(37)28(20,40)26(38)19(24(21)36)27(31)39/h3-9,17,20-21,23,33-35,38,40H,1-2H3,(H2,31,39)/b13-8+/t17-,20+,21+,23+,28+/m1/s1. The number of carbonyl (C=O) groups excluding carboxylic acids is 3. The minimum absolute atomic E-state index is 0.0127. The maximum atomic E-state index is 14.8. The number of nitrogens with two attached hydrogens (primary N) is 1. The highest BCUT2D eigenvalue weighted by Crippen LogP contribution is 2.56. The van der Waals surface area contributed by atoms with Gasteiger partial charge in [-0.25, -0.2) is 8.78 Å². The largest absolute Gasteiger partial charge is 0.508 e. The lowest BCUT2D eigenvalue weighted by molar-refractivity contribution is -0.166. The highest BCUT2D eigenvalue weighted by atomic mass is 19.1. The number of fused-ring (bicyclic) bond motifs is 3. The van der Waals surface area contributed by atoms with E-state index in [0.717, 1.165) is 12.1 Å². The van der Waals surface area contributed by atoms with Crippen molar-refractivity contribution in [2.24, 2.45) is 17.6 Å². The second kappa shape index (κ2) is 9.08. The Hall–Kier alpha value is -4.39. The number of aliphatic hydroxyl groups excluding tert-OH is 3. The van der Waals surface area contributed by atoms with Crippen LogP contribution in [0.25, 0.3) is 17.4 Å². The first-order valence-electron chi connectivity index (χ1n) is 12.0. The highest BCUT2D eigenvalue weighted by Gasteiger charge is 2.68. The number of aliphatic hydroxyl groups is 4. The number of phenolic OH excluding ortho intramolecular Hbond substituents is 1. The predicted octanol–water partition coefficient (Wildman–Crippen LogP) is 1.21. The van der Waals surface area contributed by atoms with Crippen LogP contribution in [0.2, 0.25) is 0 Å². The number of amides is 1. The Labute approximate surface area is 225 Å². The molecule has 208 valence electrons. The first-order valence-corrected chi connectivity index (χ1v) is 12.0. The minimum Gasteiger partial charge on any atom is -0.508 e. The van der Waals surface area contributed by atoms with E-state index in [2.05, 4.69) is 0 Å². The number of carbonyl (C=O) groups is 3. The number of nitrogens with zero attached hydrogens (tertiary/aromatic N) is 1. The summed E-state index contributed by atoms with van der Waals surface area (Å²) in [6, 6.07) is 5.15. The van der Waals surface area contributed by atoms with Gasteiger partial charge in [0.1, 0.15) is 34.5 Å². The number of hydrogen-bond donors (Lipinski definition) is 6. The lowest BCUT2D eigenvalue weighted by atomic mass is 9.55. The van der Waals surface area contributed by atoms with Crippen LogP contribution in [0.15, 0.2) is 53.3 Å². The van der Waals surface area contributed by atoms with Crippen molar-refractivity contribution in [3.05, 3.63) is 81.6 Å². The number of primary amides is 1. The summed E-state index contributed by atoms with van der Waals surface area (Å²) in [6.07, 6.45) is -0.733. The van der Waals surface area contributed by atoms with Gasteiger partial charge in [-0.15, -0.1) is 0 Å². The van der Waals surface area contributed by atoms with Gasteiger partial charge < -0.3 is 31.3 Å². The monoisotopic (exact) mass is 554 g/mol. The molecule has 0 saturated heterocycles. The molecule has 1 amide bonds. The van der Waals surface area contributed by atoms with Crippen LogP contribution in [0.3, 0.4) is 0 Å². The Morgan fingerprint density at radius 2 is 1.77 bits per heavy atom. The van der Waals surface area contributed by atoms with Gasteiger partial charge in [0.2, 0.25) is 5.78 Å². The molecule has 7 N–H and O–H groups in total. The van der Waals surface area contributed by atoms with Crippen LogP contribution < -0.4 is 5.73 Å². The minimum atomic E-state index is -3.10. The smallest absolute Gasteiger partial charge is 0.255 e. The number of likely N-dealkylation sites (N-methyl/N-ethyl adjacent to an activating group) is 1. The summed E-state index contributed by atoms with van der Waals surface area (Å²) in [5.41, 5.74) is 0.0915. The molecule has 10 nitrogen and oxygen atoms in total. The Balaban J connectivity index is 1.87. The zero-order valence-electron chi connectivity index (χ0n) is 21.1. The van der Waals surface area contributed by atoms with Crippen LogP contribution in [0, 0.1) is 23.5 Å². The zero-order valence-corrected chi connectivity index (χ0v) is 21.1. The third-order valence-electron chi connectivity index (χ3n) is 7.80. The van der Waals surface area contributed by atoms with Gasteiger partial charge in [-0.05, 0) is 49.5 Å². The SMILES string of the molecule is CN(C)[C@@H]1C(=O)C(C(N)=O)=C(O)[C@@]2(O)C(=O)C3=C(O)c4c(O)cccc4/C(=C\c4ccc(F)cc4F)[C@H]3[C@H](O)[C@H]12. The van der Waals surface area contributed by atoms with E-state index < -0.39 is 87.1 Å². The number of halogens is 2. The molecule has 0 heterocycles. The predicted molar refractivity (Wildman–Crippen MR) is 136 cm³/mol. The first kappa shape index (κ1) is 27.2. The molecule has 3 aliphatic carbocycles. The van der Waals surface area contributed by atoms with Gasteiger partial charge in [0, 0.05) is 17.5 Å². The van der Waals surface area contributed by atoms with Crippen LogP contribution in [-0.2, 0) is 14.4 Å². The molecule has 5 atom stereocenters. The van der Waals surface area contributed by atoms with Crippen LogP contribution in [0.5, 0.6) is 5.75 Å². The fourth-order valence-corrected chi connectivity index (χ4v) is 6.10. The third-order valence-corrected chi connectivity index (χ3v) is 7.80. The molecular weight excluding hydrogens is 530 g/mol. The van der Waals surface area contributed by atoms with E-state index >= 15 is 0 Å². The molecule has 2 aromatic carbocycles. The molecule has 1 saturated carbocycles. The Kier molecular flexibility index (Phi) is 6.17. The van der Waals surface area contributed by atoms with Gasteiger partial charge in [0.15, 0.2) is 11.4 Å². The number of Topliss-reactive ketones (excluding diaryl/α,β-unsaturated/α-hetero) is 2. The number of rotatable bonds is 3. The first-order chi connectivity index (χ1) is 18.7. The fraction of sp³-hybridized carbons (Fsp3) is 0.250. The van der Waals surface area contributed by atoms with Crippen molar-refractivity contribution in [3.8, 4) is 5.75 Å². The summed E-state index contributed by atoms with van der Waals surface area (Å²) < 4.78 is 28.4. The Morgan fingerprint density at radius 3 is 2.38 bits per heavy atom. The lowest BCUT2D eigenvalue weighted by Crippen LogP contribution is -2.70. The molecule has 12 heteroatoms. The second-order valence-electron chi connectivity index (χ2n) is 10.2. The van der Waals surface area contributed by atoms with Crippen LogP contribution >= 0.6 is 0 Å². The Morgan fingerprint density at radius 1 is 1.10 bits per heavy atom. The molecule has 0 spiro atoms. The zero-order chi connectivity index (χ0) is 29.4. The van der Waals surface area contributed by atoms with Gasteiger partial charge in [0.05, 0.1) is 29.2 Å². The molecule has 0 aliphatic heterocycles. The lowest BCUT2D eigenvalue weighted by Gasteiger charge is -2.53. The van der Waals surface area contributed by atoms with Crippen molar-refractivity contribution in [2.75, 3.05) is 14.1 Å². The number of hydrogen-bond acceptors (Lipinski definition) is 9. The Bertz CT molecular complexity index is 1610. The van der Waals surface area contributed by atoms with Crippen LogP contribution in [0.1, 0.15) is 16.7 Å². The van der Waals surface area contributed by atoms with Crippen molar-refractivity contribution in [2.45, 2.75) is 17.7 Å². The maximum absolute atomic E-state index is 14.8. The molecule has 0 aromatic heterocycles. The van der Waals surface area contributed by atoms with Gasteiger partial charge in [0.25, 0.3) is 5.91 Å². The van der Waals surface area contributed by atoms with E-state index in [1.54, 1.807) is 0 Å². The van der Waals surface area contributed by atoms with Crippen molar-refractivity contribution in [1.82, 2.24) is 4.90 Å². The molecular formula is C28H24F2N2O8. The van der Waals surface area contributed by atoms with Crippen molar-refractivity contribution in [1.29, 1.82) is 0 Å². The fourth-order valence-electron chi connectivity index (χ4n) is 6.10. The summed E-state index contributed by atoms with van der Waals surface area (Å²) in [6.45, 7) is 0. The summed E-state index contributed by atoms with van der Waals surface area (Å²) in [5, 5.41) is 56.3. The number of phenols is 1. The van der Waals surface area contributed by atoms with Gasteiger partial charge in [-0.3, -0.25) is 19.3 Å². The molecule has 5 rings (SSSR count). The second-order valence-corrected chi connectivity index (χ2v) is 10.2. The molecule has 0 bridgehead atoms. The van der Waals surface area contributed by atoms with E-state index in [9.17, 15) is 48.7 Å². The molecule has 40 heavy (non-hydrogen) atoms. The number of ketones is 2. The van der Waals surface area contributed by atoms with E-state index in [1.807, 2.05) is 0 Å². The van der Waals surface area contributed by atoms with E-state index in [0.29, 0.717) is 6.07 Å². The molecule has 3 aliphatic rings. The topological polar surface area (TPSA) is 182 Å². The van der Waals surface area contributed by atoms with Gasteiger partial charge >= 0.3 is 0 Å². The van der Waals surface area contributed by atoms with Crippen LogP contribution in [-0.4, -0.2) is 79.7 Å². The van der Waals surface area contributed by atoms with Gasteiger partial charge in [-0.1, -0.05) is 12.1 Å². The van der Waals surface area contributed by atoms with E-state index in [-0.39, 0.29) is 22.3 Å². The van der Waals surface area contributed by atoms with Crippen molar-refractivity contribution < 1.29 is 48.7 Å². The quantitative estimate of drug-likeness (QED) is 0.304.